The van der Waals surface area contributed by atoms with E-state index in [0.29, 0.717) is 11.8 Å². The Morgan fingerprint density at radius 1 is 1.13 bits per heavy atom. The molecular weight excluding hydrogens is 380 g/mol. The zero-order chi connectivity index (χ0) is 21.1. The standard InChI is InChI=1S/C22H26N6O2/c1-30-16-9-7-13-10-15(8-6-14(13)11-16)26-21-17(20(24)29)12-25-22(28-21)27-19-5-3-2-4-18(19)23/h6-12,18-19H,2-5,23H2,1H3,(H2,24,29)(H2,25,26,27,28)/t18-,19+/m0/s1. The van der Waals surface area contributed by atoms with Crippen molar-refractivity contribution in [1.82, 2.24) is 9.97 Å². The molecule has 1 saturated carbocycles. The summed E-state index contributed by atoms with van der Waals surface area (Å²) in [6, 6.07) is 11.9. The molecule has 0 aliphatic heterocycles. The van der Waals surface area contributed by atoms with Gasteiger partial charge < -0.3 is 26.8 Å². The Morgan fingerprint density at radius 3 is 2.67 bits per heavy atom. The number of hydrogen-bond acceptors (Lipinski definition) is 7. The maximum atomic E-state index is 11.9. The van der Waals surface area contributed by atoms with Crippen molar-refractivity contribution >= 4 is 34.1 Å². The van der Waals surface area contributed by atoms with Gasteiger partial charge in [-0.15, -0.1) is 0 Å². The lowest BCUT2D eigenvalue weighted by molar-refractivity contribution is 0.100. The minimum absolute atomic E-state index is 0.0621. The Labute approximate surface area is 175 Å². The summed E-state index contributed by atoms with van der Waals surface area (Å²) in [6.45, 7) is 0. The van der Waals surface area contributed by atoms with Gasteiger partial charge in [-0.3, -0.25) is 4.79 Å². The number of rotatable bonds is 6. The second-order valence-electron chi connectivity index (χ2n) is 7.57. The fraction of sp³-hybridized carbons (Fsp3) is 0.318. The second-order valence-corrected chi connectivity index (χ2v) is 7.57. The molecule has 8 nitrogen and oxygen atoms in total. The summed E-state index contributed by atoms with van der Waals surface area (Å²) >= 11 is 0. The summed E-state index contributed by atoms with van der Waals surface area (Å²) in [5.41, 5.74) is 12.8. The van der Waals surface area contributed by atoms with E-state index in [9.17, 15) is 4.79 Å². The number of primary amides is 1. The Balaban J connectivity index is 1.61. The van der Waals surface area contributed by atoms with Crippen molar-refractivity contribution in [2.45, 2.75) is 37.8 Å². The number of fused-ring (bicyclic) bond motifs is 1. The fourth-order valence-corrected chi connectivity index (χ4v) is 3.80. The molecule has 1 fully saturated rings. The van der Waals surface area contributed by atoms with Gasteiger partial charge in [-0.05, 0) is 47.9 Å². The molecule has 6 N–H and O–H groups in total. The highest BCUT2D eigenvalue weighted by molar-refractivity contribution is 5.98. The highest BCUT2D eigenvalue weighted by Gasteiger charge is 2.23. The van der Waals surface area contributed by atoms with Crippen molar-refractivity contribution in [3.63, 3.8) is 0 Å². The van der Waals surface area contributed by atoms with Crippen molar-refractivity contribution in [3.05, 3.63) is 48.2 Å². The van der Waals surface area contributed by atoms with Gasteiger partial charge in [0.25, 0.3) is 5.91 Å². The van der Waals surface area contributed by atoms with E-state index >= 15 is 0 Å². The van der Waals surface area contributed by atoms with Gasteiger partial charge in [-0.2, -0.15) is 4.98 Å². The van der Waals surface area contributed by atoms with Crippen LogP contribution in [0, 0.1) is 0 Å². The van der Waals surface area contributed by atoms with Crippen molar-refractivity contribution in [2.24, 2.45) is 11.5 Å². The third kappa shape index (κ3) is 4.28. The maximum absolute atomic E-state index is 11.9. The molecule has 0 saturated heterocycles. The van der Waals surface area contributed by atoms with Crippen LogP contribution in [0.1, 0.15) is 36.0 Å². The van der Waals surface area contributed by atoms with Crippen molar-refractivity contribution in [2.75, 3.05) is 17.7 Å². The number of nitrogens with two attached hydrogens (primary N) is 2. The molecular formula is C22H26N6O2. The van der Waals surface area contributed by atoms with Gasteiger partial charge in [-0.25, -0.2) is 4.98 Å². The molecule has 1 aliphatic carbocycles. The number of aromatic nitrogens is 2. The predicted molar refractivity (Wildman–Crippen MR) is 118 cm³/mol. The first-order chi connectivity index (χ1) is 14.5. The normalized spacial score (nSPS) is 18.7. The Hall–Kier alpha value is -3.39. The molecule has 1 aromatic heterocycles. The number of nitrogens with one attached hydrogen (secondary N) is 2. The smallest absolute Gasteiger partial charge is 0.254 e. The molecule has 3 aromatic rings. The molecule has 30 heavy (non-hydrogen) atoms. The fourth-order valence-electron chi connectivity index (χ4n) is 3.80. The number of nitrogens with zero attached hydrogens (tertiary/aromatic N) is 2. The lowest BCUT2D eigenvalue weighted by Gasteiger charge is -2.29. The number of benzene rings is 2. The molecule has 1 amide bonds. The minimum atomic E-state index is -0.594. The van der Waals surface area contributed by atoms with Crippen LogP contribution in [0.2, 0.25) is 0 Å². The van der Waals surface area contributed by atoms with Crippen LogP contribution in [0.15, 0.2) is 42.6 Å². The summed E-state index contributed by atoms with van der Waals surface area (Å²) in [5, 5.41) is 8.60. The summed E-state index contributed by atoms with van der Waals surface area (Å²) < 4.78 is 5.27. The number of methoxy groups -OCH3 is 1. The number of carbonyl (C=O) groups excluding carboxylic acids is 1. The van der Waals surface area contributed by atoms with Crippen LogP contribution < -0.4 is 26.8 Å². The van der Waals surface area contributed by atoms with Gasteiger partial charge >= 0.3 is 0 Å². The Bertz CT molecular complexity index is 1070. The molecule has 1 aliphatic rings. The molecule has 2 atom stereocenters. The van der Waals surface area contributed by atoms with Gasteiger partial charge in [0.1, 0.15) is 17.1 Å². The average Bonchev–Trinajstić information content (AvgIpc) is 2.75. The van der Waals surface area contributed by atoms with Crippen LogP contribution in [-0.2, 0) is 0 Å². The first-order valence-corrected chi connectivity index (χ1v) is 10.1. The average molecular weight is 406 g/mol. The van der Waals surface area contributed by atoms with Crippen LogP contribution in [-0.4, -0.2) is 35.1 Å². The summed E-state index contributed by atoms with van der Waals surface area (Å²) in [5.74, 6) is 0.989. The molecule has 2 aromatic carbocycles. The summed E-state index contributed by atoms with van der Waals surface area (Å²) in [6.07, 6.45) is 5.66. The van der Waals surface area contributed by atoms with E-state index in [-0.39, 0.29) is 17.6 Å². The number of ether oxygens (including phenoxy) is 1. The molecule has 0 radical (unpaired) electrons. The van der Waals surface area contributed by atoms with Gasteiger partial charge in [0.15, 0.2) is 0 Å². The minimum Gasteiger partial charge on any atom is -0.497 e. The summed E-state index contributed by atoms with van der Waals surface area (Å²) in [4.78, 5) is 20.7. The van der Waals surface area contributed by atoms with E-state index in [2.05, 4.69) is 20.6 Å². The van der Waals surface area contributed by atoms with E-state index in [4.69, 9.17) is 16.2 Å². The van der Waals surface area contributed by atoms with Crippen LogP contribution in [0.3, 0.4) is 0 Å². The van der Waals surface area contributed by atoms with Crippen LogP contribution in [0.25, 0.3) is 10.8 Å². The first-order valence-electron chi connectivity index (χ1n) is 10.1. The van der Waals surface area contributed by atoms with Gasteiger partial charge in [0.05, 0.1) is 7.11 Å². The SMILES string of the molecule is COc1ccc2cc(Nc3nc(N[C@@H]4CCCC[C@@H]4N)ncc3C(N)=O)ccc2c1. The third-order valence-electron chi connectivity index (χ3n) is 5.50. The van der Waals surface area contributed by atoms with Crippen LogP contribution in [0.4, 0.5) is 17.5 Å². The zero-order valence-corrected chi connectivity index (χ0v) is 16.9. The second kappa shape index (κ2) is 8.54. The number of anilines is 3. The third-order valence-corrected chi connectivity index (χ3v) is 5.50. The number of hydrogen-bond donors (Lipinski definition) is 4. The first kappa shape index (κ1) is 19.9. The van der Waals surface area contributed by atoms with E-state index in [1.165, 1.54) is 6.20 Å². The highest BCUT2D eigenvalue weighted by Crippen LogP contribution is 2.27. The molecule has 0 bridgehead atoms. The van der Waals surface area contributed by atoms with E-state index < -0.39 is 5.91 Å². The number of carbonyl (C=O) groups is 1. The lowest BCUT2D eigenvalue weighted by atomic mass is 9.91. The van der Waals surface area contributed by atoms with Crippen LogP contribution >= 0.6 is 0 Å². The topological polar surface area (TPSA) is 128 Å². The van der Waals surface area contributed by atoms with Gasteiger partial charge in [0, 0.05) is 24.0 Å². The van der Waals surface area contributed by atoms with E-state index in [0.717, 1.165) is 47.9 Å². The lowest BCUT2D eigenvalue weighted by Crippen LogP contribution is -2.43. The zero-order valence-electron chi connectivity index (χ0n) is 16.9. The predicted octanol–water partition coefficient (Wildman–Crippen LogP) is 3.16. The number of amides is 1. The quantitative estimate of drug-likeness (QED) is 0.495. The van der Waals surface area contributed by atoms with E-state index in [1.54, 1.807) is 7.11 Å². The molecule has 1 heterocycles. The van der Waals surface area contributed by atoms with Crippen LogP contribution in [0.5, 0.6) is 5.75 Å². The van der Waals surface area contributed by atoms with Gasteiger partial charge in [0.2, 0.25) is 5.95 Å². The van der Waals surface area contributed by atoms with E-state index in [1.807, 2.05) is 36.4 Å². The monoisotopic (exact) mass is 406 g/mol. The van der Waals surface area contributed by atoms with Gasteiger partial charge in [-0.1, -0.05) is 25.0 Å². The van der Waals surface area contributed by atoms with Crippen molar-refractivity contribution in [1.29, 1.82) is 0 Å². The maximum Gasteiger partial charge on any atom is 0.254 e. The highest BCUT2D eigenvalue weighted by atomic mass is 16.5. The largest absolute Gasteiger partial charge is 0.497 e. The Morgan fingerprint density at radius 2 is 1.90 bits per heavy atom. The van der Waals surface area contributed by atoms with Crippen molar-refractivity contribution in [3.8, 4) is 5.75 Å². The molecule has 0 spiro atoms. The molecule has 4 rings (SSSR count). The molecule has 0 unspecified atom stereocenters. The molecule has 8 heteroatoms. The summed E-state index contributed by atoms with van der Waals surface area (Å²) in [7, 11) is 1.64. The Kier molecular flexibility index (Phi) is 5.67. The van der Waals surface area contributed by atoms with Crippen molar-refractivity contribution < 1.29 is 9.53 Å². The molecule has 156 valence electrons.